The van der Waals surface area contributed by atoms with Crippen molar-refractivity contribution in [3.05, 3.63) is 29.8 Å². The second-order valence-electron chi connectivity index (χ2n) is 4.00. The number of para-hydroxylation sites is 1. The number of rotatable bonds is 6. The molecule has 4 heteroatoms. The van der Waals surface area contributed by atoms with Gasteiger partial charge in [-0.1, -0.05) is 18.2 Å². The van der Waals surface area contributed by atoms with E-state index in [1.165, 1.54) is 13.8 Å². The van der Waals surface area contributed by atoms with Gasteiger partial charge in [-0.05, 0) is 30.9 Å². The molecule has 0 unspecified atom stereocenters. The molecule has 98 valence electrons. The number of hydrogen-bond acceptors (Lipinski definition) is 4. The second-order valence-corrected chi connectivity index (χ2v) is 4.00. The van der Waals surface area contributed by atoms with E-state index in [9.17, 15) is 9.59 Å². The zero-order chi connectivity index (χ0) is 13.4. The van der Waals surface area contributed by atoms with Crippen molar-refractivity contribution in [1.82, 2.24) is 0 Å². The third-order valence-electron chi connectivity index (χ3n) is 2.37. The van der Waals surface area contributed by atoms with Crippen LogP contribution in [0.5, 0.6) is 5.75 Å². The Labute approximate surface area is 107 Å². The van der Waals surface area contributed by atoms with Gasteiger partial charge in [0.05, 0.1) is 6.61 Å². The second kappa shape index (κ2) is 7.48. The van der Waals surface area contributed by atoms with Gasteiger partial charge in [-0.25, -0.2) is 0 Å². The predicted octanol–water partition coefficient (Wildman–Crippen LogP) is 2.50. The van der Waals surface area contributed by atoms with E-state index in [1.807, 2.05) is 18.2 Å². The third kappa shape index (κ3) is 5.48. The molecule has 1 aromatic carbocycles. The lowest BCUT2D eigenvalue weighted by molar-refractivity contribution is -0.141. The topological polar surface area (TPSA) is 52.6 Å². The highest BCUT2D eigenvalue weighted by Crippen LogP contribution is 2.20. The van der Waals surface area contributed by atoms with E-state index in [0.717, 1.165) is 24.8 Å². The third-order valence-corrected chi connectivity index (χ3v) is 2.37. The molecule has 1 aromatic rings. The molecule has 0 atom stereocenters. The van der Waals surface area contributed by atoms with E-state index >= 15 is 0 Å². The summed E-state index contributed by atoms with van der Waals surface area (Å²) in [6.45, 7) is 3.22. The summed E-state index contributed by atoms with van der Waals surface area (Å²) in [5, 5.41) is 0. The zero-order valence-electron chi connectivity index (χ0n) is 10.8. The average Bonchev–Trinajstić information content (AvgIpc) is 2.29. The molecule has 0 aliphatic carbocycles. The Balaban J connectivity index is 2.41. The number of unbranched alkanes of at least 4 members (excludes halogenated alkanes) is 1. The van der Waals surface area contributed by atoms with Gasteiger partial charge >= 0.3 is 11.9 Å². The van der Waals surface area contributed by atoms with Crippen LogP contribution in [0.15, 0.2) is 24.3 Å². The number of benzene rings is 1. The van der Waals surface area contributed by atoms with Crippen molar-refractivity contribution in [1.29, 1.82) is 0 Å². The van der Waals surface area contributed by atoms with Gasteiger partial charge in [-0.3, -0.25) is 9.59 Å². The smallest absolute Gasteiger partial charge is 0.308 e. The van der Waals surface area contributed by atoms with Crippen molar-refractivity contribution in [3.63, 3.8) is 0 Å². The largest absolute Gasteiger partial charge is 0.466 e. The fourth-order valence-electron chi connectivity index (χ4n) is 1.60. The fraction of sp³-hybridized carbons (Fsp3) is 0.429. The number of ether oxygens (including phenoxy) is 2. The highest BCUT2D eigenvalue weighted by atomic mass is 16.5. The van der Waals surface area contributed by atoms with Crippen LogP contribution >= 0.6 is 0 Å². The zero-order valence-corrected chi connectivity index (χ0v) is 10.8. The van der Waals surface area contributed by atoms with E-state index in [4.69, 9.17) is 9.47 Å². The molecule has 4 nitrogen and oxygen atoms in total. The van der Waals surface area contributed by atoms with E-state index in [0.29, 0.717) is 12.4 Å². The summed E-state index contributed by atoms with van der Waals surface area (Å²) in [4.78, 5) is 21.5. The quantitative estimate of drug-likeness (QED) is 0.442. The summed E-state index contributed by atoms with van der Waals surface area (Å²) in [5.41, 5.74) is 0.996. The van der Waals surface area contributed by atoms with E-state index in [-0.39, 0.29) is 11.9 Å². The van der Waals surface area contributed by atoms with E-state index in [1.54, 1.807) is 6.07 Å². The molecule has 0 aliphatic rings. The molecule has 18 heavy (non-hydrogen) atoms. The van der Waals surface area contributed by atoms with Crippen molar-refractivity contribution in [2.75, 3.05) is 6.61 Å². The van der Waals surface area contributed by atoms with Gasteiger partial charge in [-0.15, -0.1) is 0 Å². The Kier molecular flexibility index (Phi) is 5.91. The first kappa shape index (κ1) is 14.2. The molecular weight excluding hydrogens is 232 g/mol. The van der Waals surface area contributed by atoms with Gasteiger partial charge in [-0.2, -0.15) is 0 Å². The Bertz CT molecular complexity index is 412. The predicted molar refractivity (Wildman–Crippen MR) is 67.3 cm³/mol. The molecular formula is C14H18O4. The van der Waals surface area contributed by atoms with Crippen molar-refractivity contribution in [2.45, 2.75) is 33.1 Å². The lowest BCUT2D eigenvalue weighted by atomic mass is 10.1. The number of aryl methyl sites for hydroxylation is 1. The maximum absolute atomic E-state index is 10.9. The number of esters is 2. The van der Waals surface area contributed by atoms with Crippen LogP contribution < -0.4 is 4.74 Å². The molecule has 0 saturated heterocycles. The molecule has 0 amide bonds. The van der Waals surface area contributed by atoms with Gasteiger partial charge in [0.15, 0.2) is 0 Å². The monoisotopic (exact) mass is 250 g/mol. The minimum Gasteiger partial charge on any atom is -0.466 e. The highest BCUT2D eigenvalue weighted by Gasteiger charge is 2.05. The fourth-order valence-corrected chi connectivity index (χ4v) is 1.60. The summed E-state index contributed by atoms with van der Waals surface area (Å²) in [7, 11) is 0. The van der Waals surface area contributed by atoms with Crippen LogP contribution in [0.2, 0.25) is 0 Å². The van der Waals surface area contributed by atoms with Crippen LogP contribution in [0, 0.1) is 0 Å². The minimum atomic E-state index is -0.317. The Hall–Kier alpha value is -1.84. The minimum absolute atomic E-state index is 0.254. The van der Waals surface area contributed by atoms with E-state index < -0.39 is 0 Å². The molecule has 0 bridgehead atoms. The maximum Gasteiger partial charge on any atom is 0.308 e. The van der Waals surface area contributed by atoms with E-state index in [2.05, 4.69) is 0 Å². The highest BCUT2D eigenvalue weighted by molar-refractivity contribution is 5.69. The maximum atomic E-state index is 10.9. The summed E-state index contributed by atoms with van der Waals surface area (Å²) in [5.74, 6) is 0.0372. The average molecular weight is 250 g/mol. The normalized spacial score (nSPS) is 9.89. The summed E-state index contributed by atoms with van der Waals surface area (Å²) < 4.78 is 9.97. The van der Waals surface area contributed by atoms with Gasteiger partial charge in [0.1, 0.15) is 5.75 Å². The summed E-state index contributed by atoms with van der Waals surface area (Å²) in [6.07, 6.45) is 2.48. The van der Waals surface area contributed by atoms with Crippen molar-refractivity contribution in [3.8, 4) is 5.75 Å². The molecule has 0 saturated carbocycles. The SMILES string of the molecule is CC(=O)OCCCCc1ccccc1OC(C)=O. The first-order valence-electron chi connectivity index (χ1n) is 5.99. The van der Waals surface area contributed by atoms with Crippen LogP contribution in [0.3, 0.4) is 0 Å². The number of carbonyl (C=O) groups excluding carboxylic acids is 2. The molecule has 0 spiro atoms. The first-order chi connectivity index (χ1) is 8.59. The van der Waals surface area contributed by atoms with Gasteiger partial charge in [0.2, 0.25) is 0 Å². The van der Waals surface area contributed by atoms with Crippen LogP contribution in [-0.4, -0.2) is 18.5 Å². The van der Waals surface area contributed by atoms with Gasteiger partial charge in [0, 0.05) is 13.8 Å². The molecule has 1 rings (SSSR count). The van der Waals surface area contributed by atoms with Crippen molar-refractivity contribution < 1.29 is 19.1 Å². The standard InChI is InChI=1S/C14H18O4/c1-11(15)17-10-6-5-8-13-7-3-4-9-14(13)18-12(2)16/h3-4,7,9H,5-6,8,10H2,1-2H3. The molecule has 0 aromatic heterocycles. The number of carbonyl (C=O) groups is 2. The summed E-state index contributed by atoms with van der Waals surface area (Å²) >= 11 is 0. The first-order valence-corrected chi connectivity index (χ1v) is 5.99. The number of hydrogen-bond donors (Lipinski definition) is 0. The lowest BCUT2D eigenvalue weighted by Gasteiger charge is -2.08. The van der Waals surface area contributed by atoms with Crippen LogP contribution in [0.1, 0.15) is 32.3 Å². The Morgan fingerprint density at radius 3 is 2.44 bits per heavy atom. The Morgan fingerprint density at radius 1 is 1.06 bits per heavy atom. The van der Waals surface area contributed by atoms with Crippen LogP contribution in [0.4, 0.5) is 0 Å². The molecule has 0 radical (unpaired) electrons. The van der Waals surface area contributed by atoms with Gasteiger partial charge < -0.3 is 9.47 Å². The van der Waals surface area contributed by atoms with Crippen molar-refractivity contribution in [2.24, 2.45) is 0 Å². The molecule has 0 N–H and O–H groups in total. The molecule has 0 fully saturated rings. The van der Waals surface area contributed by atoms with Gasteiger partial charge in [0.25, 0.3) is 0 Å². The lowest BCUT2D eigenvalue weighted by Crippen LogP contribution is -2.04. The molecule has 0 heterocycles. The van der Waals surface area contributed by atoms with Crippen LogP contribution in [-0.2, 0) is 20.7 Å². The summed E-state index contributed by atoms with van der Waals surface area (Å²) in [6, 6.07) is 7.46. The van der Waals surface area contributed by atoms with Crippen molar-refractivity contribution >= 4 is 11.9 Å². The van der Waals surface area contributed by atoms with Crippen LogP contribution in [0.25, 0.3) is 0 Å². The Morgan fingerprint density at radius 2 is 1.78 bits per heavy atom. The molecule has 0 aliphatic heterocycles.